The van der Waals surface area contributed by atoms with Crippen LogP contribution in [0.3, 0.4) is 0 Å². The van der Waals surface area contributed by atoms with E-state index in [-0.39, 0.29) is 17.6 Å². The number of allylic oxidation sites excluding steroid dienone is 2. The number of carbonyl (C=O) groups excluding carboxylic acids is 1. The third kappa shape index (κ3) is 1.18. The molecule has 2 bridgehead atoms. The van der Waals surface area contributed by atoms with Crippen LogP contribution in [0.1, 0.15) is 6.42 Å². The minimum atomic E-state index is -0.923. The fourth-order valence-corrected chi connectivity index (χ4v) is 2.70. The van der Waals surface area contributed by atoms with Crippen LogP contribution in [0, 0.1) is 23.7 Å². The number of hydrogen-bond acceptors (Lipinski definition) is 3. The van der Waals surface area contributed by atoms with E-state index in [4.69, 9.17) is 10.2 Å². The molecule has 0 saturated heterocycles. The van der Waals surface area contributed by atoms with E-state index in [1.165, 1.54) is 0 Å². The molecule has 4 unspecified atom stereocenters. The summed E-state index contributed by atoms with van der Waals surface area (Å²) in [5.74, 6) is -2.38. The number of rotatable bonds is 3. The second-order valence-electron chi connectivity index (χ2n) is 3.96. The van der Waals surface area contributed by atoms with Gasteiger partial charge in [0, 0.05) is 5.92 Å². The Morgan fingerprint density at radius 3 is 2.29 bits per heavy atom. The predicted octanol–water partition coefficient (Wildman–Crippen LogP) is 0.0707. The molecule has 0 spiro atoms. The van der Waals surface area contributed by atoms with Crippen LogP contribution in [-0.4, -0.2) is 28.6 Å². The molecule has 1 fully saturated rings. The van der Waals surface area contributed by atoms with Crippen molar-refractivity contribution in [3.05, 3.63) is 12.2 Å². The maximum atomic E-state index is 11.4. The molecular weight excluding hydrogens is 184 g/mol. The standard InChI is InChI=1S/C10H12O4/c11-4-7(12)8-5-1-2-6(3-5)9(8)10(13)14/h1-2,5-6,8-9,11H,3-4H2,(H,13,14). The highest BCUT2D eigenvalue weighted by atomic mass is 16.4. The molecular formula is C10H12O4. The van der Waals surface area contributed by atoms with E-state index >= 15 is 0 Å². The van der Waals surface area contributed by atoms with E-state index in [0.29, 0.717) is 0 Å². The predicted molar refractivity (Wildman–Crippen MR) is 47.4 cm³/mol. The number of carboxylic acid groups (broad SMARTS) is 1. The number of aliphatic carboxylic acids is 1. The summed E-state index contributed by atoms with van der Waals surface area (Å²) < 4.78 is 0. The van der Waals surface area contributed by atoms with Crippen LogP contribution >= 0.6 is 0 Å². The average molecular weight is 196 g/mol. The lowest BCUT2D eigenvalue weighted by atomic mass is 9.80. The van der Waals surface area contributed by atoms with Gasteiger partial charge in [0.1, 0.15) is 6.61 Å². The van der Waals surface area contributed by atoms with Crippen molar-refractivity contribution in [3.63, 3.8) is 0 Å². The van der Waals surface area contributed by atoms with Crippen LogP contribution in [-0.2, 0) is 9.59 Å². The summed E-state index contributed by atoms with van der Waals surface area (Å²) >= 11 is 0. The van der Waals surface area contributed by atoms with E-state index in [2.05, 4.69) is 0 Å². The number of hydrogen-bond donors (Lipinski definition) is 2. The van der Waals surface area contributed by atoms with Gasteiger partial charge in [-0.25, -0.2) is 0 Å². The van der Waals surface area contributed by atoms with Crippen LogP contribution < -0.4 is 0 Å². The van der Waals surface area contributed by atoms with Crippen LogP contribution in [0.4, 0.5) is 0 Å². The third-order valence-electron chi connectivity index (χ3n) is 3.27. The van der Waals surface area contributed by atoms with Crippen molar-refractivity contribution in [1.82, 2.24) is 0 Å². The Kier molecular flexibility index (Phi) is 2.15. The highest BCUT2D eigenvalue weighted by Crippen LogP contribution is 2.48. The lowest BCUT2D eigenvalue weighted by Gasteiger charge is -2.22. The second-order valence-corrected chi connectivity index (χ2v) is 3.96. The normalized spacial score (nSPS) is 38.9. The summed E-state index contributed by atoms with van der Waals surface area (Å²) in [7, 11) is 0. The molecule has 2 N–H and O–H groups in total. The first-order valence-electron chi connectivity index (χ1n) is 4.70. The van der Waals surface area contributed by atoms with Gasteiger partial charge < -0.3 is 10.2 Å². The van der Waals surface area contributed by atoms with E-state index in [1.807, 2.05) is 12.2 Å². The van der Waals surface area contributed by atoms with E-state index in [9.17, 15) is 9.59 Å². The van der Waals surface area contributed by atoms with Crippen molar-refractivity contribution in [3.8, 4) is 0 Å². The first kappa shape index (κ1) is 9.40. The zero-order chi connectivity index (χ0) is 10.3. The SMILES string of the molecule is O=C(O)C1C2C=CC(C2)C1C(=O)CO. The molecule has 2 aliphatic carbocycles. The molecule has 4 nitrogen and oxygen atoms in total. The summed E-state index contributed by atoms with van der Waals surface area (Å²) in [6.45, 7) is -0.550. The van der Waals surface area contributed by atoms with Gasteiger partial charge in [0.15, 0.2) is 5.78 Å². The van der Waals surface area contributed by atoms with Crippen molar-refractivity contribution in [2.45, 2.75) is 6.42 Å². The molecule has 2 aliphatic rings. The molecule has 4 heteroatoms. The number of aliphatic hydroxyl groups excluding tert-OH is 1. The Morgan fingerprint density at radius 2 is 1.79 bits per heavy atom. The third-order valence-corrected chi connectivity index (χ3v) is 3.27. The van der Waals surface area contributed by atoms with Gasteiger partial charge in [0.2, 0.25) is 0 Å². The molecule has 0 amide bonds. The summed E-state index contributed by atoms with van der Waals surface area (Å²) in [5.41, 5.74) is 0. The largest absolute Gasteiger partial charge is 0.481 e. The van der Waals surface area contributed by atoms with Crippen LogP contribution in [0.2, 0.25) is 0 Å². The maximum Gasteiger partial charge on any atom is 0.307 e. The Labute approximate surface area is 81.2 Å². The van der Waals surface area contributed by atoms with Gasteiger partial charge in [-0.15, -0.1) is 0 Å². The fourth-order valence-electron chi connectivity index (χ4n) is 2.70. The van der Waals surface area contributed by atoms with E-state index in [0.717, 1.165) is 6.42 Å². The number of Topliss-reactive ketones (excluding diaryl/α,β-unsaturated/α-hetero) is 1. The summed E-state index contributed by atoms with van der Waals surface area (Å²) in [5, 5.41) is 17.7. The lowest BCUT2D eigenvalue weighted by molar-refractivity contribution is -0.147. The van der Waals surface area contributed by atoms with Gasteiger partial charge in [-0.3, -0.25) is 9.59 Å². The molecule has 0 heterocycles. The van der Waals surface area contributed by atoms with E-state index in [1.54, 1.807) is 0 Å². The molecule has 0 aromatic heterocycles. The zero-order valence-electron chi connectivity index (χ0n) is 7.59. The van der Waals surface area contributed by atoms with Crippen molar-refractivity contribution >= 4 is 11.8 Å². The van der Waals surface area contributed by atoms with Gasteiger partial charge in [-0.05, 0) is 18.3 Å². The quantitative estimate of drug-likeness (QED) is 0.626. The molecule has 76 valence electrons. The number of carbonyl (C=O) groups is 2. The number of ketones is 1. The average Bonchev–Trinajstić information content (AvgIpc) is 2.74. The second kappa shape index (κ2) is 3.20. The monoisotopic (exact) mass is 196 g/mol. The lowest BCUT2D eigenvalue weighted by Crippen LogP contribution is -2.34. The molecule has 0 aromatic rings. The van der Waals surface area contributed by atoms with Crippen LogP contribution in [0.15, 0.2) is 12.2 Å². The number of aliphatic hydroxyl groups is 1. The van der Waals surface area contributed by atoms with Gasteiger partial charge in [0.25, 0.3) is 0 Å². The topological polar surface area (TPSA) is 74.6 Å². The van der Waals surface area contributed by atoms with Crippen molar-refractivity contribution < 1.29 is 19.8 Å². The van der Waals surface area contributed by atoms with Crippen molar-refractivity contribution in [2.24, 2.45) is 23.7 Å². The molecule has 0 aromatic carbocycles. The molecule has 0 radical (unpaired) electrons. The Hall–Kier alpha value is -1.16. The van der Waals surface area contributed by atoms with Gasteiger partial charge >= 0.3 is 5.97 Å². The Balaban J connectivity index is 2.26. The molecule has 1 saturated carbocycles. The Bertz CT molecular complexity index is 307. The minimum Gasteiger partial charge on any atom is -0.481 e. The minimum absolute atomic E-state index is 0.0157. The van der Waals surface area contributed by atoms with Crippen molar-refractivity contribution in [2.75, 3.05) is 6.61 Å². The van der Waals surface area contributed by atoms with Crippen molar-refractivity contribution in [1.29, 1.82) is 0 Å². The smallest absolute Gasteiger partial charge is 0.307 e. The molecule has 0 aliphatic heterocycles. The summed E-state index contributed by atoms with van der Waals surface area (Å²) in [6.07, 6.45) is 4.53. The maximum absolute atomic E-state index is 11.4. The Morgan fingerprint density at radius 1 is 1.21 bits per heavy atom. The van der Waals surface area contributed by atoms with Gasteiger partial charge in [-0.2, -0.15) is 0 Å². The highest BCUT2D eigenvalue weighted by Gasteiger charge is 2.50. The summed E-state index contributed by atoms with van der Waals surface area (Å²) in [4.78, 5) is 22.3. The number of carboxylic acids is 1. The first-order valence-corrected chi connectivity index (χ1v) is 4.70. The van der Waals surface area contributed by atoms with Gasteiger partial charge in [-0.1, -0.05) is 12.2 Å². The molecule has 4 atom stereocenters. The van der Waals surface area contributed by atoms with Crippen LogP contribution in [0.5, 0.6) is 0 Å². The summed E-state index contributed by atoms with van der Waals surface area (Å²) in [6, 6.07) is 0. The highest BCUT2D eigenvalue weighted by molar-refractivity contribution is 5.88. The van der Waals surface area contributed by atoms with E-state index < -0.39 is 24.4 Å². The zero-order valence-corrected chi connectivity index (χ0v) is 7.59. The van der Waals surface area contributed by atoms with Gasteiger partial charge in [0.05, 0.1) is 5.92 Å². The fraction of sp³-hybridized carbons (Fsp3) is 0.600. The number of fused-ring (bicyclic) bond motifs is 2. The molecule has 2 rings (SSSR count). The molecule has 14 heavy (non-hydrogen) atoms. The first-order chi connectivity index (χ1) is 6.65. The van der Waals surface area contributed by atoms with Crippen LogP contribution in [0.25, 0.3) is 0 Å².